The summed E-state index contributed by atoms with van der Waals surface area (Å²) in [5.41, 5.74) is 0. The van der Waals surface area contributed by atoms with Crippen molar-refractivity contribution in [2.45, 2.75) is 31.4 Å². The molecule has 2 aliphatic heterocycles. The molecule has 1 unspecified atom stereocenters. The van der Waals surface area contributed by atoms with Crippen LogP contribution in [-0.4, -0.2) is 54.1 Å². The van der Waals surface area contributed by atoms with Crippen LogP contribution in [-0.2, 0) is 4.79 Å². The van der Waals surface area contributed by atoms with Crippen molar-refractivity contribution in [2.75, 3.05) is 31.1 Å². The molecule has 0 saturated carbocycles. The zero-order valence-corrected chi connectivity index (χ0v) is 14.3. The summed E-state index contributed by atoms with van der Waals surface area (Å²) in [4.78, 5) is 14.2. The monoisotopic (exact) mass is 356 g/mol. The van der Waals surface area contributed by atoms with Crippen molar-refractivity contribution < 1.29 is 18.3 Å². The Morgan fingerprint density at radius 3 is 2.79 bits per heavy atom. The number of nitrogens with zero attached hydrogens (tertiary/aromatic N) is 1. The van der Waals surface area contributed by atoms with Gasteiger partial charge in [0, 0.05) is 62.5 Å². The average molecular weight is 356 g/mol. The summed E-state index contributed by atoms with van der Waals surface area (Å²) in [6.45, 7) is 2.19. The van der Waals surface area contributed by atoms with Crippen LogP contribution >= 0.6 is 11.8 Å². The van der Waals surface area contributed by atoms with Crippen molar-refractivity contribution in [1.29, 1.82) is 0 Å². The van der Waals surface area contributed by atoms with Gasteiger partial charge in [0.1, 0.15) is 11.9 Å². The van der Waals surface area contributed by atoms with E-state index in [1.807, 2.05) is 16.7 Å². The lowest BCUT2D eigenvalue weighted by molar-refractivity contribution is -0.133. The van der Waals surface area contributed by atoms with E-state index >= 15 is 0 Å². The second kappa shape index (κ2) is 8.16. The summed E-state index contributed by atoms with van der Waals surface area (Å²) in [6, 6.07) is 3.59. The molecular weight excluding hydrogens is 334 g/mol. The summed E-state index contributed by atoms with van der Waals surface area (Å²) >= 11 is 1.88. The predicted molar refractivity (Wildman–Crippen MR) is 90.3 cm³/mol. The molecule has 4 nitrogen and oxygen atoms in total. The van der Waals surface area contributed by atoms with Gasteiger partial charge in [-0.1, -0.05) is 0 Å². The SMILES string of the molecule is O=C(CC1CSCCN1)N1CCC(Oc2ccc(F)cc2F)CC1. The number of carbonyl (C=O) groups excluding carboxylic acids is 1. The molecule has 132 valence electrons. The van der Waals surface area contributed by atoms with Gasteiger partial charge in [0.25, 0.3) is 0 Å². The molecule has 7 heteroatoms. The van der Waals surface area contributed by atoms with Gasteiger partial charge in [-0.15, -0.1) is 0 Å². The van der Waals surface area contributed by atoms with Crippen molar-refractivity contribution >= 4 is 17.7 Å². The Kier molecular flexibility index (Phi) is 5.94. The number of nitrogens with one attached hydrogen (secondary N) is 1. The highest BCUT2D eigenvalue weighted by Gasteiger charge is 2.26. The lowest BCUT2D eigenvalue weighted by Crippen LogP contribution is -2.46. The maximum atomic E-state index is 13.6. The number of ether oxygens (including phenoxy) is 1. The lowest BCUT2D eigenvalue weighted by Gasteiger charge is -2.33. The summed E-state index contributed by atoms with van der Waals surface area (Å²) in [5.74, 6) is 1.03. The third-order valence-corrected chi connectivity index (χ3v) is 5.53. The largest absolute Gasteiger partial charge is 0.487 e. The van der Waals surface area contributed by atoms with E-state index in [0.29, 0.717) is 32.4 Å². The molecule has 1 amide bonds. The number of thioether (sulfide) groups is 1. The van der Waals surface area contributed by atoms with E-state index in [-0.39, 0.29) is 23.8 Å². The van der Waals surface area contributed by atoms with E-state index in [1.165, 1.54) is 12.1 Å². The highest BCUT2D eigenvalue weighted by atomic mass is 32.2. The Balaban J connectivity index is 1.45. The molecular formula is C17H22F2N2O2S. The van der Waals surface area contributed by atoms with E-state index < -0.39 is 11.6 Å². The number of amides is 1. The highest BCUT2D eigenvalue weighted by Crippen LogP contribution is 2.23. The number of halogens is 2. The van der Waals surface area contributed by atoms with Gasteiger partial charge in [-0.25, -0.2) is 8.78 Å². The minimum Gasteiger partial charge on any atom is -0.487 e. The second-order valence-electron chi connectivity index (χ2n) is 6.20. The van der Waals surface area contributed by atoms with E-state index in [9.17, 15) is 13.6 Å². The van der Waals surface area contributed by atoms with Crippen molar-refractivity contribution in [1.82, 2.24) is 10.2 Å². The number of carbonyl (C=O) groups is 1. The second-order valence-corrected chi connectivity index (χ2v) is 7.35. The maximum Gasteiger partial charge on any atom is 0.224 e. The van der Waals surface area contributed by atoms with Crippen molar-refractivity contribution in [3.8, 4) is 5.75 Å². The average Bonchev–Trinajstić information content (AvgIpc) is 2.59. The predicted octanol–water partition coefficient (Wildman–Crippen LogP) is 2.43. The Morgan fingerprint density at radius 2 is 2.12 bits per heavy atom. The fraction of sp³-hybridized carbons (Fsp3) is 0.588. The Hall–Kier alpha value is -1.34. The number of piperidine rings is 1. The molecule has 2 aliphatic rings. The van der Waals surface area contributed by atoms with Gasteiger partial charge in [0.05, 0.1) is 0 Å². The van der Waals surface area contributed by atoms with Crippen LogP contribution in [0, 0.1) is 11.6 Å². The molecule has 2 heterocycles. The topological polar surface area (TPSA) is 41.6 Å². The third kappa shape index (κ3) is 4.60. The Labute approximate surface area is 144 Å². The summed E-state index contributed by atoms with van der Waals surface area (Å²) in [7, 11) is 0. The van der Waals surface area contributed by atoms with Gasteiger partial charge in [-0.3, -0.25) is 4.79 Å². The molecule has 0 aromatic heterocycles. The molecule has 1 atom stereocenters. The molecule has 1 N–H and O–H groups in total. The minimum atomic E-state index is -0.686. The molecule has 0 bridgehead atoms. The van der Waals surface area contributed by atoms with E-state index in [2.05, 4.69) is 5.32 Å². The molecule has 1 aromatic rings. The van der Waals surface area contributed by atoms with Crippen molar-refractivity contribution in [3.63, 3.8) is 0 Å². The third-order valence-electron chi connectivity index (χ3n) is 4.40. The normalized spacial score (nSPS) is 22.4. The summed E-state index contributed by atoms with van der Waals surface area (Å²) < 4.78 is 32.2. The molecule has 0 aliphatic carbocycles. The summed E-state index contributed by atoms with van der Waals surface area (Å²) in [6.07, 6.45) is 1.72. The summed E-state index contributed by atoms with van der Waals surface area (Å²) in [5, 5.41) is 3.38. The van der Waals surface area contributed by atoms with Crippen molar-refractivity contribution in [2.24, 2.45) is 0 Å². The lowest BCUT2D eigenvalue weighted by atomic mass is 10.1. The van der Waals surface area contributed by atoms with Crippen LogP contribution in [0.25, 0.3) is 0 Å². The van der Waals surface area contributed by atoms with Crippen LogP contribution in [0.1, 0.15) is 19.3 Å². The molecule has 2 saturated heterocycles. The van der Waals surface area contributed by atoms with Crippen LogP contribution in [0.3, 0.4) is 0 Å². The molecule has 0 radical (unpaired) electrons. The first kappa shape index (κ1) is 17.5. The molecule has 3 rings (SSSR count). The van der Waals surface area contributed by atoms with Crippen LogP contribution in [0.4, 0.5) is 8.78 Å². The van der Waals surface area contributed by atoms with Crippen LogP contribution in [0.15, 0.2) is 18.2 Å². The van der Waals surface area contributed by atoms with Gasteiger partial charge in [0.15, 0.2) is 11.6 Å². The first-order valence-corrected chi connectivity index (χ1v) is 9.48. The van der Waals surface area contributed by atoms with Crippen LogP contribution in [0.5, 0.6) is 5.75 Å². The number of hydrogen-bond acceptors (Lipinski definition) is 4. The quantitative estimate of drug-likeness (QED) is 0.900. The fourth-order valence-corrected chi connectivity index (χ4v) is 4.01. The van der Waals surface area contributed by atoms with Gasteiger partial charge >= 0.3 is 0 Å². The van der Waals surface area contributed by atoms with Gasteiger partial charge in [-0.2, -0.15) is 11.8 Å². The maximum absolute atomic E-state index is 13.6. The van der Waals surface area contributed by atoms with E-state index in [4.69, 9.17) is 4.74 Å². The Morgan fingerprint density at radius 1 is 1.33 bits per heavy atom. The number of likely N-dealkylation sites (tertiary alicyclic amines) is 1. The molecule has 0 spiro atoms. The smallest absolute Gasteiger partial charge is 0.224 e. The fourth-order valence-electron chi connectivity index (χ4n) is 3.06. The van der Waals surface area contributed by atoms with Crippen molar-refractivity contribution in [3.05, 3.63) is 29.8 Å². The number of rotatable bonds is 4. The van der Waals surface area contributed by atoms with E-state index in [1.54, 1.807) is 0 Å². The van der Waals surface area contributed by atoms with Gasteiger partial charge in [0.2, 0.25) is 5.91 Å². The Bertz CT molecular complexity index is 574. The first-order chi connectivity index (χ1) is 11.6. The van der Waals surface area contributed by atoms with Crippen LogP contribution in [0.2, 0.25) is 0 Å². The zero-order chi connectivity index (χ0) is 16.9. The van der Waals surface area contributed by atoms with Gasteiger partial charge in [-0.05, 0) is 12.1 Å². The number of benzene rings is 1. The zero-order valence-electron chi connectivity index (χ0n) is 13.5. The van der Waals surface area contributed by atoms with Crippen LogP contribution < -0.4 is 10.1 Å². The van der Waals surface area contributed by atoms with E-state index in [0.717, 1.165) is 24.1 Å². The first-order valence-electron chi connectivity index (χ1n) is 8.32. The molecule has 2 fully saturated rings. The highest BCUT2D eigenvalue weighted by molar-refractivity contribution is 7.99. The van der Waals surface area contributed by atoms with Gasteiger partial charge < -0.3 is 15.0 Å². The molecule has 24 heavy (non-hydrogen) atoms. The standard InChI is InChI=1S/C17H22F2N2O2S/c18-12-1-2-16(15(19)9-12)23-14-3-6-21(7-4-14)17(22)10-13-11-24-8-5-20-13/h1-2,9,13-14,20H,3-8,10-11H2. The molecule has 1 aromatic carbocycles. The number of hydrogen-bond donors (Lipinski definition) is 1. The minimum absolute atomic E-state index is 0.0737.